The molecular formula is C18H14ClN3O6. The van der Waals surface area contributed by atoms with Crippen molar-refractivity contribution in [1.82, 2.24) is 4.90 Å². The zero-order chi connectivity index (χ0) is 20.3. The highest BCUT2D eigenvalue weighted by atomic mass is 35.5. The first-order valence-electron chi connectivity index (χ1n) is 8.05. The van der Waals surface area contributed by atoms with Crippen molar-refractivity contribution in [2.75, 3.05) is 18.5 Å². The maximum absolute atomic E-state index is 12.2. The standard InChI is InChI=1S/C18H14ClN3O6/c19-11-1-3-14(4-2-11)28-15-8-12(7-13(9-15)22(26)27)20-16-10-17(24)21(5-6-23)18(16)25/h1-4,7-10,20,23H,5-6H2. The number of imide groups is 1. The average Bonchev–Trinajstić information content (AvgIpc) is 2.91. The Morgan fingerprint density at radius 1 is 1.14 bits per heavy atom. The molecule has 28 heavy (non-hydrogen) atoms. The van der Waals surface area contributed by atoms with Gasteiger partial charge in [0, 0.05) is 28.9 Å². The zero-order valence-electron chi connectivity index (χ0n) is 14.3. The van der Waals surface area contributed by atoms with Crippen molar-refractivity contribution in [2.45, 2.75) is 0 Å². The lowest BCUT2D eigenvalue weighted by atomic mass is 10.2. The van der Waals surface area contributed by atoms with Crippen LogP contribution in [0.3, 0.4) is 0 Å². The number of nitrogens with zero attached hydrogens (tertiary/aromatic N) is 2. The second-order valence-electron chi connectivity index (χ2n) is 5.73. The molecule has 9 nitrogen and oxygen atoms in total. The molecule has 0 radical (unpaired) electrons. The lowest BCUT2D eigenvalue weighted by molar-refractivity contribution is -0.384. The third-order valence-electron chi connectivity index (χ3n) is 3.76. The third kappa shape index (κ3) is 4.27. The predicted molar refractivity (Wildman–Crippen MR) is 100 cm³/mol. The SMILES string of the molecule is O=C1C=C(Nc2cc(Oc3ccc(Cl)cc3)cc([N+](=O)[O-])c2)C(=O)N1CCO. The summed E-state index contributed by atoms with van der Waals surface area (Å²) in [7, 11) is 0. The van der Waals surface area contributed by atoms with E-state index < -0.39 is 16.7 Å². The molecule has 2 amide bonds. The molecule has 0 bridgehead atoms. The van der Waals surface area contributed by atoms with Crippen molar-refractivity contribution in [3.63, 3.8) is 0 Å². The van der Waals surface area contributed by atoms with E-state index in [1.54, 1.807) is 24.3 Å². The first-order chi connectivity index (χ1) is 13.4. The van der Waals surface area contributed by atoms with E-state index in [0.717, 1.165) is 11.0 Å². The smallest absolute Gasteiger partial charge is 0.277 e. The van der Waals surface area contributed by atoms with Crippen LogP contribution in [0.2, 0.25) is 5.02 Å². The maximum Gasteiger partial charge on any atom is 0.277 e. The van der Waals surface area contributed by atoms with E-state index in [1.165, 1.54) is 18.2 Å². The molecule has 0 saturated heterocycles. The first-order valence-corrected chi connectivity index (χ1v) is 8.43. The van der Waals surface area contributed by atoms with Crippen LogP contribution in [0.4, 0.5) is 11.4 Å². The molecule has 0 saturated carbocycles. The van der Waals surface area contributed by atoms with E-state index in [2.05, 4.69) is 5.32 Å². The molecule has 0 aliphatic carbocycles. The molecule has 0 fully saturated rings. The molecule has 144 valence electrons. The Labute approximate surface area is 163 Å². The number of nitro groups is 1. The van der Waals surface area contributed by atoms with Gasteiger partial charge in [0.1, 0.15) is 17.2 Å². The van der Waals surface area contributed by atoms with Gasteiger partial charge >= 0.3 is 0 Å². The van der Waals surface area contributed by atoms with Crippen LogP contribution in [0.15, 0.2) is 54.2 Å². The average molecular weight is 404 g/mol. The Morgan fingerprint density at radius 3 is 2.50 bits per heavy atom. The molecule has 2 aromatic carbocycles. The molecule has 10 heteroatoms. The van der Waals surface area contributed by atoms with Gasteiger partial charge in [0.25, 0.3) is 17.5 Å². The number of nitrogens with one attached hydrogen (secondary N) is 1. The van der Waals surface area contributed by atoms with Crippen LogP contribution in [0, 0.1) is 10.1 Å². The van der Waals surface area contributed by atoms with Crippen molar-refractivity contribution in [3.8, 4) is 11.5 Å². The van der Waals surface area contributed by atoms with Crippen LogP contribution in [-0.2, 0) is 9.59 Å². The minimum absolute atomic E-state index is 0.0589. The number of carbonyl (C=O) groups excluding carboxylic acids is 2. The number of amides is 2. The Kier molecular flexibility index (Phi) is 5.57. The fraction of sp³-hybridized carbons (Fsp3) is 0.111. The topological polar surface area (TPSA) is 122 Å². The summed E-state index contributed by atoms with van der Waals surface area (Å²) in [5.41, 5.74) is -0.133. The van der Waals surface area contributed by atoms with Crippen LogP contribution >= 0.6 is 11.6 Å². The van der Waals surface area contributed by atoms with E-state index in [1.807, 2.05) is 0 Å². The molecule has 3 rings (SSSR count). The second-order valence-corrected chi connectivity index (χ2v) is 6.17. The number of halogens is 1. The highest BCUT2D eigenvalue weighted by molar-refractivity contribution is 6.30. The van der Waals surface area contributed by atoms with Gasteiger partial charge in [0.05, 0.1) is 24.1 Å². The first kappa shape index (κ1) is 19.3. The lowest BCUT2D eigenvalue weighted by Crippen LogP contribution is -2.34. The van der Waals surface area contributed by atoms with Crippen molar-refractivity contribution in [2.24, 2.45) is 0 Å². The summed E-state index contributed by atoms with van der Waals surface area (Å²) in [4.78, 5) is 35.5. The Morgan fingerprint density at radius 2 is 1.86 bits per heavy atom. The summed E-state index contributed by atoms with van der Waals surface area (Å²) in [6.07, 6.45) is 1.07. The Hall–Kier alpha value is -3.43. The van der Waals surface area contributed by atoms with E-state index in [4.69, 9.17) is 21.4 Å². The van der Waals surface area contributed by atoms with Crippen molar-refractivity contribution >= 4 is 34.8 Å². The predicted octanol–water partition coefficient (Wildman–Crippen LogP) is 2.70. The van der Waals surface area contributed by atoms with E-state index in [9.17, 15) is 19.7 Å². The highest BCUT2D eigenvalue weighted by Crippen LogP contribution is 2.31. The molecule has 0 aromatic heterocycles. The molecule has 0 spiro atoms. The number of hydrogen-bond acceptors (Lipinski definition) is 7. The van der Waals surface area contributed by atoms with Gasteiger partial charge in [0.2, 0.25) is 0 Å². The molecule has 1 aliphatic rings. The Balaban J connectivity index is 1.86. The molecule has 1 aliphatic heterocycles. The van der Waals surface area contributed by atoms with E-state index in [-0.39, 0.29) is 36.0 Å². The lowest BCUT2D eigenvalue weighted by Gasteiger charge is -2.14. The fourth-order valence-corrected chi connectivity index (χ4v) is 2.65. The summed E-state index contributed by atoms with van der Waals surface area (Å²) in [5, 5.41) is 23.4. The summed E-state index contributed by atoms with van der Waals surface area (Å²) in [6.45, 7) is -0.506. The largest absolute Gasteiger partial charge is 0.457 e. The van der Waals surface area contributed by atoms with Gasteiger partial charge in [-0.05, 0) is 24.3 Å². The van der Waals surface area contributed by atoms with Gasteiger partial charge in [-0.1, -0.05) is 11.6 Å². The van der Waals surface area contributed by atoms with E-state index in [0.29, 0.717) is 10.8 Å². The quantitative estimate of drug-likeness (QED) is 0.414. The number of aliphatic hydroxyl groups is 1. The number of nitro benzene ring substituents is 1. The van der Waals surface area contributed by atoms with Crippen molar-refractivity contribution < 1.29 is 24.4 Å². The highest BCUT2D eigenvalue weighted by Gasteiger charge is 2.30. The summed E-state index contributed by atoms with van der Waals surface area (Å²) in [6, 6.07) is 10.3. The molecule has 0 atom stereocenters. The van der Waals surface area contributed by atoms with Crippen LogP contribution in [0.25, 0.3) is 0 Å². The van der Waals surface area contributed by atoms with E-state index >= 15 is 0 Å². The molecule has 2 N–H and O–H groups in total. The normalized spacial score (nSPS) is 13.5. The number of hydrogen-bond donors (Lipinski definition) is 2. The van der Waals surface area contributed by atoms with Gasteiger partial charge in [0.15, 0.2) is 0 Å². The second kappa shape index (κ2) is 8.07. The fourth-order valence-electron chi connectivity index (χ4n) is 2.52. The van der Waals surface area contributed by atoms with Gasteiger partial charge in [-0.15, -0.1) is 0 Å². The van der Waals surface area contributed by atoms with Crippen LogP contribution in [0.5, 0.6) is 11.5 Å². The van der Waals surface area contributed by atoms with Crippen LogP contribution in [0.1, 0.15) is 0 Å². The molecule has 0 unspecified atom stereocenters. The number of non-ortho nitro benzene ring substituents is 1. The van der Waals surface area contributed by atoms with Gasteiger partial charge in [-0.25, -0.2) is 0 Å². The van der Waals surface area contributed by atoms with Gasteiger partial charge in [-0.2, -0.15) is 0 Å². The molecule has 2 aromatic rings. The molecule has 1 heterocycles. The Bertz CT molecular complexity index is 974. The number of aliphatic hydroxyl groups excluding tert-OH is 1. The minimum Gasteiger partial charge on any atom is -0.457 e. The van der Waals surface area contributed by atoms with Crippen LogP contribution in [-0.4, -0.2) is 39.9 Å². The monoisotopic (exact) mass is 403 g/mol. The summed E-state index contributed by atoms with van der Waals surface area (Å²) in [5.74, 6) is -0.643. The van der Waals surface area contributed by atoms with Gasteiger partial charge < -0.3 is 15.2 Å². The number of β-amino-alcohol motifs (C(OH)–C–C–N with tert-alkyl or cyclic N) is 1. The van der Waals surface area contributed by atoms with Crippen molar-refractivity contribution in [3.05, 3.63) is 69.4 Å². The van der Waals surface area contributed by atoms with Gasteiger partial charge in [-0.3, -0.25) is 24.6 Å². The van der Waals surface area contributed by atoms with Crippen LogP contribution < -0.4 is 10.1 Å². The molecular weight excluding hydrogens is 390 g/mol. The summed E-state index contributed by atoms with van der Waals surface area (Å²) < 4.78 is 5.62. The number of carbonyl (C=O) groups is 2. The third-order valence-corrected chi connectivity index (χ3v) is 4.02. The minimum atomic E-state index is -0.634. The van der Waals surface area contributed by atoms with Crippen molar-refractivity contribution in [1.29, 1.82) is 0 Å². The number of anilines is 1. The number of ether oxygens (including phenoxy) is 1. The number of benzene rings is 2. The summed E-state index contributed by atoms with van der Waals surface area (Å²) >= 11 is 5.82. The number of rotatable bonds is 7. The zero-order valence-corrected chi connectivity index (χ0v) is 15.0. The maximum atomic E-state index is 12.2.